The number of carbonyl (C=O) groups is 1. The summed E-state index contributed by atoms with van der Waals surface area (Å²) in [5.41, 5.74) is 0. The summed E-state index contributed by atoms with van der Waals surface area (Å²) in [4.78, 5) is 11.2. The maximum Gasteiger partial charge on any atom is 0.323 e. The van der Waals surface area contributed by atoms with Crippen LogP contribution in [0.15, 0.2) is 33.6 Å². The van der Waals surface area contributed by atoms with Crippen molar-refractivity contribution in [2.75, 3.05) is 7.11 Å². The molecule has 1 N–H and O–H groups in total. The summed E-state index contributed by atoms with van der Waals surface area (Å²) in [5.74, 6) is -0.634. The number of halogens is 1. The maximum atomic E-state index is 11.8. The molecule has 0 aliphatic heterocycles. The molecular weight excluding hydrogens is 310 g/mol. The van der Waals surface area contributed by atoms with Crippen LogP contribution in [0.5, 0.6) is 0 Å². The van der Waals surface area contributed by atoms with Crippen molar-refractivity contribution >= 4 is 31.9 Å². The molecule has 0 spiro atoms. The highest BCUT2D eigenvalue weighted by Gasteiger charge is 2.22. The van der Waals surface area contributed by atoms with Crippen LogP contribution in [0.2, 0.25) is 0 Å². The minimum absolute atomic E-state index is 0.0939. The Morgan fingerprint density at radius 2 is 1.88 bits per heavy atom. The first-order valence-corrected chi connectivity index (χ1v) is 7.00. The lowest BCUT2D eigenvalue weighted by molar-refractivity contribution is -0.142. The Morgan fingerprint density at radius 1 is 1.35 bits per heavy atom. The van der Waals surface area contributed by atoms with Crippen LogP contribution in [-0.4, -0.2) is 27.5 Å². The minimum Gasteiger partial charge on any atom is -0.468 e. The Morgan fingerprint density at radius 3 is 2.35 bits per heavy atom. The van der Waals surface area contributed by atoms with Gasteiger partial charge in [0.2, 0.25) is 10.0 Å². The van der Waals surface area contributed by atoms with Crippen LogP contribution in [0.25, 0.3) is 0 Å². The molecule has 1 atom stereocenters. The lowest BCUT2D eigenvalue weighted by Gasteiger charge is -2.12. The highest BCUT2D eigenvalue weighted by atomic mass is 79.9. The summed E-state index contributed by atoms with van der Waals surface area (Å²) < 4.78 is 31.1. The molecule has 0 unspecified atom stereocenters. The molecule has 0 bridgehead atoms. The summed E-state index contributed by atoms with van der Waals surface area (Å²) in [6.45, 7) is 1.42. The number of hydrogen-bond donors (Lipinski definition) is 1. The van der Waals surface area contributed by atoms with Crippen LogP contribution < -0.4 is 4.72 Å². The van der Waals surface area contributed by atoms with E-state index in [4.69, 9.17) is 0 Å². The van der Waals surface area contributed by atoms with Crippen molar-refractivity contribution in [3.05, 3.63) is 28.7 Å². The van der Waals surface area contributed by atoms with E-state index in [9.17, 15) is 13.2 Å². The molecule has 0 aromatic heterocycles. The number of nitrogens with one attached hydrogen (secondary N) is 1. The van der Waals surface area contributed by atoms with Gasteiger partial charge in [-0.2, -0.15) is 4.72 Å². The van der Waals surface area contributed by atoms with E-state index in [0.29, 0.717) is 0 Å². The molecule has 0 heterocycles. The summed E-state index contributed by atoms with van der Waals surface area (Å²) in [6.07, 6.45) is 0. The Labute approximate surface area is 108 Å². The molecule has 0 radical (unpaired) electrons. The van der Waals surface area contributed by atoms with Crippen molar-refractivity contribution in [3.63, 3.8) is 0 Å². The van der Waals surface area contributed by atoms with Gasteiger partial charge in [0.15, 0.2) is 0 Å². The van der Waals surface area contributed by atoms with Crippen molar-refractivity contribution < 1.29 is 17.9 Å². The van der Waals surface area contributed by atoms with Gasteiger partial charge >= 0.3 is 5.97 Å². The average Bonchev–Trinajstić information content (AvgIpc) is 2.27. The van der Waals surface area contributed by atoms with Gasteiger partial charge in [-0.15, -0.1) is 0 Å². The maximum absolute atomic E-state index is 11.8. The van der Waals surface area contributed by atoms with E-state index in [1.165, 1.54) is 26.2 Å². The highest BCUT2D eigenvalue weighted by Crippen LogP contribution is 2.14. The van der Waals surface area contributed by atoms with Crippen LogP contribution >= 0.6 is 15.9 Å². The molecule has 0 aliphatic rings. The molecule has 0 saturated carbocycles. The fraction of sp³-hybridized carbons (Fsp3) is 0.300. The molecule has 17 heavy (non-hydrogen) atoms. The molecular formula is C10H12BrNO4S. The van der Waals surface area contributed by atoms with Gasteiger partial charge in [0.1, 0.15) is 6.04 Å². The predicted octanol–water partition coefficient (Wildman–Crippen LogP) is 1.29. The van der Waals surface area contributed by atoms with Crippen molar-refractivity contribution in [1.82, 2.24) is 4.72 Å². The molecule has 0 fully saturated rings. The van der Waals surface area contributed by atoms with Crippen LogP contribution in [0.3, 0.4) is 0 Å². The van der Waals surface area contributed by atoms with Crippen molar-refractivity contribution in [2.45, 2.75) is 17.9 Å². The standard InChI is InChI=1S/C10H12BrNO4S/c1-7(10(13)16-2)12-17(14,15)9-5-3-8(11)4-6-9/h3-7,12H,1-2H3/t7-/m1/s1. The molecule has 0 amide bonds. The first-order chi connectivity index (χ1) is 7.86. The van der Waals surface area contributed by atoms with E-state index in [1.807, 2.05) is 0 Å². The Bertz CT molecular complexity index is 498. The minimum atomic E-state index is -3.70. The van der Waals surface area contributed by atoms with Crippen molar-refractivity contribution in [1.29, 1.82) is 0 Å². The smallest absolute Gasteiger partial charge is 0.323 e. The van der Waals surface area contributed by atoms with Gasteiger partial charge in [-0.1, -0.05) is 15.9 Å². The normalized spacial score (nSPS) is 13.1. The first kappa shape index (κ1) is 14.1. The Balaban J connectivity index is 2.89. The number of rotatable bonds is 4. The monoisotopic (exact) mass is 321 g/mol. The lowest BCUT2D eigenvalue weighted by Crippen LogP contribution is -2.39. The van der Waals surface area contributed by atoms with Gasteiger partial charge in [-0.3, -0.25) is 4.79 Å². The number of hydrogen-bond acceptors (Lipinski definition) is 4. The molecule has 7 heteroatoms. The summed E-state index contributed by atoms with van der Waals surface area (Å²) in [5, 5.41) is 0. The SMILES string of the molecule is COC(=O)[C@@H](C)NS(=O)(=O)c1ccc(Br)cc1. The zero-order valence-electron chi connectivity index (χ0n) is 9.31. The van der Waals surface area contributed by atoms with Crippen molar-refractivity contribution in [3.8, 4) is 0 Å². The second-order valence-electron chi connectivity index (χ2n) is 3.32. The summed E-state index contributed by atoms with van der Waals surface area (Å²) >= 11 is 3.21. The van der Waals surface area contributed by atoms with Crippen LogP contribution in [-0.2, 0) is 19.6 Å². The van der Waals surface area contributed by atoms with E-state index in [1.54, 1.807) is 12.1 Å². The molecule has 1 rings (SSSR count). The average molecular weight is 322 g/mol. The third-order valence-corrected chi connectivity index (χ3v) is 4.10. The molecule has 0 saturated heterocycles. The highest BCUT2D eigenvalue weighted by molar-refractivity contribution is 9.10. The van der Waals surface area contributed by atoms with E-state index in [2.05, 4.69) is 25.4 Å². The number of ether oxygens (including phenoxy) is 1. The number of benzene rings is 1. The number of methoxy groups -OCH3 is 1. The van der Waals surface area contributed by atoms with E-state index in [-0.39, 0.29) is 4.90 Å². The second-order valence-corrected chi connectivity index (χ2v) is 5.95. The molecule has 94 valence electrons. The molecule has 1 aromatic rings. The second kappa shape index (κ2) is 5.61. The van der Waals surface area contributed by atoms with E-state index >= 15 is 0 Å². The molecule has 1 aromatic carbocycles. The van der Waals surface area contributed by atoms with Gasteiger partial charge in [-0.05, 0) is 31.2 Å². The Hall–Kier alpha value is -0.920. The number of sulfonamides is 1. The largest absolute Gasteiger partial charge is 0.468 e. The van der Waals surface area contributed by atoms with Crippen molar-refractivity contribution in [2.24, 2.45) is 0 Å². The molecule has 5 nitrogen and oxygen atoms in total. The summed E-state index contributed by atoms with van der Waals surface area (Å²) in [7, 11) is -2.50. The van der Waals surface area contributed by atoms with Crippen LogP contribution in [0, 0.1) is 0 Å². The Kier molecular flexibility index (Phi) is 4.67. The zero-order valence-corrected chi connectivity index (χ0v) is 11.7. The van der Waals surface area contributed by atoms with Crippen LogP contribution in [0.4, 0.5) is 0 Å². The predicted molar refractivity (Wildman–Crippen MR) is 65.9 cm³/mol. The number of esters is 1. The van der Waals surface area contributed by atoms with Gasteiger partial charge < -0.3 is 4.74 Å². The zero-order chi connectivity index (χ0) is 13.1. The fourth-order valence-electron chi connectivity index (χ4n) is 1.14. The number of carbonyl (C=O) groups excluding carboxylic acids is 1. The van der Waals surface area contributed by atoms with Crippen LogP contribution in [0.1, 0.15) is 6.92 Å². The summed E-state index contributed by atoms with van der Waals surface area (Å²) in [6, 6.07) is 5.18. The third-order valence-electron chi connectivity index (χ3n) is 2.01. The topological polar surface area (TPSA) is 72.5 Å². The molecule has 0 aliphatic carbocycles. The van der Waals surface area contributed by atoms with E-state index < -0.39 is 22.0 Å². The quantitative estimate of drug-likeness (QED) is 0.848. The first-order valence-electron chi connectivity index (χ1n) is 4.72. The van der Waals surface area contributed by atoms with Gasteiger partial charge in [0.05, 0.1) is 12.0 Å². The van der Waals surface area contributed by atoms with Gasteiger partial charge in [0, 0.05) is 4.47 Å². The van der Waals surface area contributed by atoms with E-state index in [0.717, 1.165) is 4.47 Å². The fourth-order valence-corrected chi connectivity index (χ4v) is 2.60. The third kappa shape index (κ3) is 3.79. The lowest BCUT2D eigenvalue weighted by atomic mass is 10.4. The van der Waals surface area contributed by atoms with Gasteiger partial charge in [0.25, 0.3) is 0 Å². The van der Waals surface area contributed by atoms with Gasteiger partial charge in [-0.25, -0.2) is 8.42 Å².